The monoisotopic (exact) mass is 284 g/mol. The van der Waals surface area contributed by atoms with Gasteiger partial charge in [0.15, 0.2) is 0 Å². The van der Waals surface area contributed by atoms with Crippen LogP contribution in [0, 0.1) is 0 Å². The molecule has 0 aliphatic carbocycles. The number of hydrogen-bond donors (Lipinski definition) is 1. The Morgan fingerprint density at radius 1 is 1.05 bits per heavy atom. The van der Waals surface area contributed by atoms with Crippen LogP contribution in [-0.4, -0.2) is 26.3 Å². The highest BCUT2D eigenvalue weighted by atomic mass is 16.5. The van der Waals surface area contributed by atoms with Crippen LogP contribution in [0.3, 0.4) is 0 Å². The maximum Gasteiger partial charge on any atom is 0.271 e. The number of hydrazone groups is 1. The van der Waals surface area contributed by atoms with E-state index >= 15 is 0 Å². The van der Waals surface area contributed by atoms with Gasteiger partial charge >= 0.3 is 0 Å². The maximum atomic E-state index is 12.0. The minimum Gasteiger partial charge on any atom is -0.497 e. The van der Waals surface area contributed by atoms with Gasteiger partial charge in [0.25, 0.3) is 5.91 Å². The predicted molar refractivity (Wildman–Crippen MR) is 81.0 cm³/mol. The number of amides is 1. The Balaban J connectivity index is 2.08. The summed E-state index contributed by atoms with van der Waals surface area (Å²) in [5, 5.41) is 3.92. The third-order valence-corrected chi connectivity index (χ3v) is 2.79. The molecule has 21 heavy (non-hydrogen) atoms. The van der Waals surface area contributed by atoms with Gasteiger partial charge in [0.05, 0.1) is 20.4 Å². The van der Waals surface area contributed by atoms with E-state index in [0.29, 0.717) is 17.1 Å². The second-order valence-electron chi connectivity index (χ2n) is 4.21. The van der Waals surface area contributed by atoms with Crippen molar-refractivity contribution in [3.63, 3.8) is 0 Å². The standard InChI is InChI=1S/C16H16N2O3/c1-20-14-8-13(9-15(10-14)21-2)16(19)18-17-11-12-6-4-3-5-7-12/h3-11H,1-2H3,(H,18,19)/b17-11-. The van der Waals surface area contributed by atoms with Crippen LogP contribution in [0.5, 0.6) is 11.5 Å². The van der Waals surface area contributed by atoms with Gasteiger partial charge < -0.3 is 9.47 Å². The van der Waals surface area contributed by atoms with Gasteiger partial charge in [-0.2, -0.15) is 5.10 Å². The molecule has 1 amide bonds. The number of hydrogen-bond acceptors (Lipinski definition) is 4. The molecule has 5 nitrogen and oxygen atoms in total. The molecule has 0 bridgehead atoms. The Hall–Kier alpha value is -2.82. The predicted octanol–water partition coefficient (Wildman–Crippen LogP) is 2.47. The normalized spacial score (nSPS) is 10.4. The van der Waals surface area contributed by atoms with Gasteiger partial charge in [-0.25, -0.2) is 5.43 Å². The van der Waals surface area contributed by atoms with E-state index in [9.17, 15) is 4.79 Å². The number of ether oxygens (including phenoxy) is 2. The summed E-state index contributed by atoms with van der Waals surface area (Å²) in [5.41, 5.74) is 3.79. The van der Waals surface area contributed by atoms with Gasteiger partial charge in [-0.15, -0.1) is 0 Å². The van der Waals surface area contributed by atoms with Crippen molar-refractivity contribution in [2.75, 3.05) is 14.2 Å². The molecule has 0 aliphatic rings. The zero-order valence-electron chi connectivity index (χ0n) is 11.9. The molecular weight excluding hydrogens is 268 g/mol. The number of benzene rings is 2. The van der Waals surface area contributed by atoms with Crippen LogP contribution >= 0.6 is 0 Å². The Bertz CT molecular complexity index is 617. The summed E-state index contributed by atoms with van der Waals surface area (Å²) in [5.74, 6) is 0.762. The summed E-state index contributed by atoms with van der Waals surface area (Å²) < 4.78 is 10.2. The van der Waals surface area contributed by atoms with Crippen molar-refractivity contribution >= 4 is 12.1 Å². The topological polar surface area (TPSA) is 59.9 Å². The number of nitrogens with one attached hydrogen (secondary N) is 1. The molecule has 0 aromatic heterocycles. The average Bonchev–Trinajstić information content (AvgIpc) is 2.55. The molecule has 0 fully saturated rings. The molecule has 2 rings (SSSR count). The summed E-state index contributed by atoms with van der Waals surface area (Å²) in [7, 11) is 3.06. The first kappa shape index (κ1) is 14.6. The van der Waals surface area contributed by atoms with Crippen molar-refractivity contribution in [3.05, 3.63) is 59.7 Å². The fraction of sp³-hybridized carbons (Fsp3) is 0.125. The molecule has 0 unspecified atom stereocenters. The third-order valence-electron chi connectivity index (χ3n) is 2.79. The van der Waals surface area contributed by atoms with Crippen LogP contribution in [0.15, 0.2) is 53.6 Å². The lowest BCUT2D eigenvalue weighted by Crippen LogP contribution is -2.17. The van der Waals surface area contributed by atoms with E-state index in [1.165, 1.54) is 14.2 Å². The highest BCUT2D eigenvalue weighted by Gasteiger charge is 2.08. The Kier molecular flexibility index (Phi) is 4.93. The highest BCUT2D eigenvalue weighted by Crippen LogP contribution is 2.22. The summed E-state index contributed by atoms with van der Waals surface area (Å²) in [6, 6.07) is 14.4. The van der Waals surface area contributed by atoms with Gasteiger partial charge in [0, 0.05) is 11.6 Å². The number of rotatable bonds is 5. The molecule has 0 radical (unpaired) electrons. The van der Waals surface area contributed by atoms with Gasteiger partial charge in [0.2, 0.25) is 0 Å². The lowest BCUT2D eigenvalue weighted by Gasteiger charge is -2.07. The highest BCUT2D eigenvalue weighted by molar-refractivity contribution is 5.95. The van der Waals surface area contributed by atoms with Crippen molar-refractivity contribution in [3.8, 4) is 11.5 Å². The summed E-state index contributed by atoms with van der Waals surface area (Å²) in [4.78, 5) is 12.0. The van der Waals surface area contributed by atoms with Crippen molar-refractivity contribution < 1.29 is 14.3 Å². The number of carbonyl (C=O) groups excluding carboxylic acids is 1. The maximum absolute atomic E-state index is 12.0. The molecule has 0 saturated carbocycles. The summed E-state index contributed by atoms with van der Waals surface area (Å²) >= 11 is 0. The Morgan fingerprint density at radius 3 is 2.24 bits per heavy atom. The Labute approximate surface area is 123 Å². The van der Waals surface area contributed by atoms with E-state index < -0.39 is 0 Å². The molecule has 2 aromatic carbocycles. The minimum absolute atomic E-state index is 0.334. The Morgan fingerprint density at radius 2 is 1.67 bits per heavy atom. The van der Waals surface area contributed by atoms with E-state index in [1.807, 2.05) is 30.3 Å². The molecule has 5 heteroatoms. The first-order valence-electron chi connectivity index (χ1n) is 6.34. The fourth-order valence-corrected chi connectivity index (χ4v) is 1.71. The second-order valence-corrected chi connectivity index (χ2v) is 4.21. The molecule has 0 aliphatic heterocycles. The van der Waals surface area contributed by atoms with E-state index in [4.69, 9.17) is 9.47 Å². The molecule has 2 aromatic rings. The zero-order chi connectivity index (χ0) is 15.1. The van der Waals surface area contributed by atoms with Crippen molar-refractivity contribution in [2.45, 2.75) is 0 Å². The van der Waals surface area contributed by atoms with Crippen molar-refractivity contribution in [1.82, 2.24) is 5.43 Å². The van der Waals surface area contributed by atoms with Gasteiger partial charge in [0.1, 0.15) is 11.5 Å². The summed E-state index contributed by atoms with van der Waals surface area (Å²) in [6.07, 6.45) is 1.58. The van der Waals surface area contributed by atoms with Crippen LogP contribution in [0.2, 0.25) is 0 Å². The van der Waals surface area contributed by atoms with E-state index in [1.54, 1.807) is 24.4 Å². The van der Waals surface area contributed by atoms with Gasteiger partial charge in [-0.3, -0.25) is 4.79 Å². The van der Waals surface area contributed by atoms with Crippen LogP contribution in [0.1, 0.15) is 15.9 Å². The van der Waals surface area contributed by atoms with Gasteiger partial charge in [-0.05, 0) is 17.7 Å². The molecular formula is C16H16N2O3. The van der Waals surface area contributed by atoms with E-state index in [-0.39, 0.29) is 5.91 Å². The smallest absolute Gasteiger partial charge is 0.271 e. The molecule has 108 valence electrons. The minimum atomic E-state index is -0.334. The first-order chi connectivity index (χ1) is 10.2. The fourth-order valence-electron chi connectivity index (χ4n) is 1.71. The zero-order valence-corrected chi connectivity index (χ0v) is 11.9. The summed E-state index contributed by atoms with van der Waals surface area (Å²) in [6.45, 7) is 0. The lowest BCUT2D eigenvalue weighted by molar-refractivity contribution is 0.0954. The van der Waals surface area contributed by atoms with E-state index in [2.05, 4.69) is 10.5 Å². The lowest BCUT2D eigenvalue weighted by atomic mass is 10.2. The molecule has 0 spiro atoms. The second kappa shape index (κ2) is 7.09. The van der Waals surface area contributed by atoms with Crippen molar-refractivity contribution in [2.24, 2.45) is 5.10 Å². The quantitative estimate of drug-likeness (QED) is 0.677. The van der Waals surface area contributed by atoms with Crippen molar-refractivity contribution in [1.29, 1.82) is 0 Å². The van der Waals surface area contributed by atoms with Crippen LogP contribution in [-0.2, 0) is 0 Å². The number of nitrogens with zero attached hydrogens (tertiary/aromatic N) is 1. The largest absolute Gasteiger partial charge is 0.497 e. The molecule has 0 atom stereocenters. The number of methoxy groups -OCH3 is 2. The van der Waals surface area contributed by atoms with E-state index in [0.717, 1.165) is 5.56 Å². The van der Waals surface area contributed by atoms with Gasteiger partial charge in [-0.1, -0.05) is 30.3 Å². The number of carbonyl (C=O) groups is 1. The molecule has 1 N–H and O–H groups in total. The first-order valence-corrected chi connectivity index (χ1v) is 6.34. The molecule has 0 saturated heterocycles. The SMILES string of the molecule is COc1cc(OC)cc(C(=O)N/N=C\c2ccccc2)c1. The average molecular weight is 284 g/mol. The van der Waals surface area contributed by atoms with Crippen LogP contribution in [0.25, 0.3) is 0 Å². The third kappa shape index (κ3) is 4.07. The van der Waals surface area contributed by atoms with Crippen LogP contribution < -0.4 is 14.9 Å². The molecule has 0 heterocycles. The van der Waals surface area contributed by atoms with Crippen LogP contribution in [0.4, 0.5) is 0 Å².